The van der Waals surface area contributed by atoms with Gasteiger partial charge < -0.3 is 14.9 Å². The minimum Gasteiger partial charge on any atom is -0.480 e. The van der Waals surface area contributed by atoms with Crippen molar-refractivity contribution in [1.29, 1.82) is 0 Å². The number of rotatable bonds is 4. The van der Waals surface area contributed by atoms with Crippen molar-refractivity contribution in [2.24, 2.45) is 10.4 Å². The van der Waals surface area contributed by atoms with E-state index in [9.17, 15) is 9.59 Å². The number of aliphatic hydroxyl groups is 1. The molecule has 0 radical (unpaired) electrons. The van der Waals surface area contributed by atoms with E-state index in [-0.39, 0.29) is 6.42 Å². The molecule has 2 N–H and O–H groups in total. The SMILES string of the molecule is CCC(C=NC(=O)OC(C)(C)C)(CO)C(=O)O. The number of ether oxygens (including phenoxy) is 1. The third-order valence-electron chi connectivity index (χ3n) is 2.15. The predicted molar refractivity (Wildman–Crippen MR) is 62.2 cm³/mol. The van der Waals surface area contributed by atoms with Gasteiger partial charge >= 0.3 is 12.1 Å². The van der Waals surface area contributed by atoms with Crippen LogP contribution in [0.15, 0.2) is 4.99 Å². The van der Waals surface area contributed by atoms with Crippen LogP contribution >= 0.6 is 0 Å². The van der Waals surface area contributed by atoms with Gasteiger partial charge in [-0.05, 0) is 27.2 Å². The molecule has 98 valence electrons. The number of carboxylic acid groups (broad SMARTS) is 1. The van der Waals surface area contributed by atoms with E-state index in [1.165, 1.54) is 0 Å². The third kappa shape index (κ3) is 4.95. The molecule has 1 unspecified atom stereocenters. The standard InChI is InChI=1S/C11H19NO5/c1-5-11(7-13,8(14)15)6-12-9(16)17-10(2,3)4/h6,13H,5,7H2,1-4H3,(H,14,15). The Morgan fingerprint density at radius 1 is 1.35 bits per heavy atom. The Hall–Kier alpha value is -1.43. The number of nitrogens with zero attached hydrogens (tertiary/aromatic N) is 1. The molecule has 0 saturated carbocycles. The normalized spacial score (nSPS) is 15.6. The number of carboxylic acids is 1. The van der Waals surface area contributed by atoms with Crippen LogP contribution in [0.5, 0.6) is 0 Å². The zero-order chi connectivity index (χ0) is 13.7. The van der Waals surface area contributed by atoms with E-state index in [0.29, 0.717) is 0 Å². The van der Waals surface area contributed by atoms with Gasteiger partial charge in [0.15, 0.2) is 0 Å². The van der Waals surface area contributed by atoms with Gasteiger partial charge in [0.1, 0.15) is 11.0 Å². The van der Waals surface area contributed by atoms with Gasteiger partial charge in [0.25, 0.3) is 0 Å². The van der Waals surface area contributed by atoms with E-state index >= 15 is 0 Å². The lowest BCUT2D eigenvalue weighted by molar-refractivity contribution is -0.146. The summed E-state index contributed by atoms with van der Waals surface area (Å²) >= 11 is 0. The van der Waals surface area contributed by atoms with Crippen molar-refractivity contribution in [2.45, 2.75) is 39.7 Å². The first kappa shape index (κ1) is 15.6. The van der Waals surface area contributed by atoms with Gasteiger partial charge in [-0.2, -0.15) is 4.99 Å². The molecule has 0 heterocycles. The van der Waals surface area contributed by atoms with Crippen molar-refractivity contribution in [1.82, 2.24) is 0 Å². The molecule has 0 aliphatic carbocycles. The molecule has 6 heteroatoms. The summed E-state index contributed by atoms with van der Waals surface area (Å²) in [7, 11) is 0. The van der Waals surface area contributed by atoms with Gasteiger partial charge in [-0.1, -0.05) is 6.92 Å². The summed E-state index contributed by atoms with van der Waals surface area (Å²) in [4.78, 5) is 25.7. The highest BCUT2D eigenvalue weighted by molar-refractivity contribution is 5.97. The third-order valence-corrected chi connectivity index (χ3v) is 2.15. The zero-order valence-electron chi connectivity index (χ0n) is 10.6. The van der Waals surface area contributed by atoms with E-state index < -0.39 is 29.7 Å². The first-order valence-corrected chi connectivity index (χ1v) is 5.29. The molecule has 0 aromatic heterocycles. The number of hydrogen-bond acceptors (Lipinski definition) is 4. The van der Waals surface area contributed by atoms with E-state index in [1.807, 2.05) is 0 Å². The van der Waals surface area contributed by atoms with Crippen LogP contribution in [0.4, 0.5) is 4.79 Å². The topological polar surface area (TPSA) is 96.2 Å². The van der Waals surface area contributed by atoms with Crippen molar-refractivity contribution >= 4 is 18.3 Å². The molecule has 0 rings (SSSR count). The second-order valence-corrected chi connectivity index (χ2v) is 4.71. The molecule has 6 nitrogen and oxygen atoms in total. The van der Waals surface area contributed by atoms with Crippen LogP contribution in [-0.2, 0) is 9.53 Å². The van der Waals surface area contributed by atoms with Crippen LogP contribution in [0, 0.1) is 5.41 Å². The van der Waals surface area contributed by atoms with E-state index in [2.05, 4.69) is 4.99 Å². The van der Waals surface area contributed by atoms with Gasteiger partial charge in [-0.15, -0.1) is 0 Å². The van der Waals surface area contributed by atoms with Crippen LogP contribution in [-0.4, -0.2) is 40.7 Å². The Morgan fingerprint density at radius 3 is 2.18 bits per heavy atom. The van der Waals surface area contributed by atoms with Gasteiger partial charge in [0.05, 0.1) is 6.61 Å². The van der Waals surface area contributed by atoms with Crippen LogP contribution < -0.4 is 0 Å². The first-order chi connectivity index (χ1) is 7.67. The molecule has 0 saturated heterocycles. The maximum atomic E-state index is 11.3. The fraction of sp³-hybridized carbons (Fsp3) is 0.727. The molecule has 0 aliphatic heterocycles. The Labute approximate surface area is 100 Å². The van der Waals surface area contributed by atoms with Crippen molar-refractivity contribution in [3.05, 3.63) is 0 Å². The Bertz CT molecular complexity index is 312. The molecular weight excluding hydrogens is 226 g/mol. The number of carbonyl (C=O) groups is 2. The van der Waals surface area contributed by atoms with E-state index in [4.69, 9.17) is 14.9 Å². The minimum absolute atomic E-state index is 0.130. The summed E-state index contributed by atoms with van der Waals surface area (Å²) in [5, 5.41) is 18.0. The van der Waals surface area contributed by atoms with Crippen molar-refractivity contribution < 1.29 is 24.5 Å². The first-order valence-electron chi connectivity index (χ1n) is 5.29. The molecule has 17 heavy (non-hydrogen) atoms. The molecule has 1 atom stereocenters. The Kier molecular flexibility index (Phi) is 5.28. The highest BCUT2D eigenvalue weighted by Gasteiger charge is 2.34. The van der Waals surface area contributed by atoms with E-state index in [0.717, 1.165) is 6.21 Å². The molecular formula is C11H19NO5. The highest BCUT2D eigenvalue weighted by Crippen LogP contribution is 2.19. The van der Waals surface area contributed by atoms with Gasteiger partial charge in [-0.25, -0.2) is 4.79 Å². The van der Waals surface area contributed by atoms with Gasteiger partial charge in [-0.3, -0.25) is 4.79 Å². The average Bonchev–Trinajstić information content (AvgIpc) is 2.17. The lowest BCUT2D eigenvalue weighted by Crippen LogP contribution is -2.36. The quantitative estimate of drug-likeness (QED) is 0.731. The molecule has 0 fully saturated rings. The summed E-state index contributed by atoms with van der Waals surface area (Å²) < 4.78 is 4.89. The average molecular weight is 245 g/mol. The summed E-state index contributed by atoms with van der Waals surface area (Å²) in [5.41, 5.74) is -2.22. The second kappa shape index (κ2) is 5.77. The maximum Gasteiger partial charge on any atom is 0.433 e. The van der Waals surface area contributed by atoms with Crippen LogP contribution in [0.2, 0.25) is 0 Å². The number of carbonyl (C=O) groups excluding carboxylic acids is 1. The largest absolute Gasteiger partial charge is 0.480 e. The predicted octanol–water partition coefficient (Wildman–Crippen LogP) is 1.47. The van der Waals surface area contributed by atoms with Crippen LogP contribution in [0.25, 0.3) is 0 Å². The van der Waals surface area contributed by atoms with Crippen molar-refractivity contribution in [3.63, 3.8) is 0 Å². The van der Waals surface area contributed by atoms with Crippen LogP contribution in [0.3, 0.4) is 0 Å². The lowest BCUT2D eigenvalue weighted by Gasteiger charge is -2.21. The molecule has 0 aromatic rings. The summed E-state index contributed by atoms with van der Waals surface area (Å²) in [6.45, 7) is 6.00. The fourth-order valence-corrected chi connectivity index (χ4v) is 0.983. The summed E-state index contributed by atoms with van der Waals surface area (Å²) in [5.74, 6) is -1.23. The maximum absolute atomic E-state index is 11.3. The summed E-state index contributed by atoms with van der Waals surface area (Å²) in [6.07, 6.45) is 0.194. The summed E-state index contributed by atoms with van der Waals surface area (Å²) in [6, 6.07) is 0. The second-order valence-electron chi connectivity index (χ2n) is 4.71. The number of aliphatic carboxylic acids is 1. The fourth-order valence-electron chi connectivity index (χ4n) is 0.983. The molecule has 0 aromatic carbocycles. The highest BCUT2D eigenvalue weighted by atomic mass is 16.6. The number of aliphatic imine (C=N–C) groups is 1. The molecule has 0 aliphatic rings. The molecule has 0 bridgehead atoms. The number of hydrogen-bond donors (Lipinski definition) is 2. The Morgan fingerprint density at radius 2 is 1.88 bits per heavy atom. The zero-order valence-corrected chi connectivity index (χ0v) is 10.6. The number of amides is 1. The smallest absolute Gasteiger partial charge is 0.433 e. The van der Waals surface area contributed by atoms with Crippen molar-refractivity contribution in [2.75, 3.05) is 6.61 Å². The number of aliphatic hydroxyl groups excluding tert-OH is 1. The van der Waals surface area contributed by atoms with Crippen molar-refractivity contribution in [3.8, 4) is 0 Å². The van der Waals surface area contributed by atoms with Crippen LogP contribution in [0.1, 0.15) is 34.1 Å². The van der Waals surface area contributed by atoms with Gasteiger partial charge in [0, 0.05) is 6.21 Å². The van der Waals surface area contributed by atoms with E-state index in [1.54, 1.807) is 27.7 Å². The molecule has 1 amide bonds. The lowest BCUT2D eigenvalue weighted by atomic mass is 9.88. The Balaban J connectivity index is 4.79. The molecule has 0 spiro atoms. The monoisotopic (exact) mass is 245 g/mol. The van der Waals surface area contributed by atoms with Gasteiger partial charge in [0.2, 0.25) is 0 Å². The minimum atomic E-state index is -1.53.